The molecule has 0 aliphatic carbocycles. The summed E-state index contributed by atoms with van der Waals surface area (Å²) in [5.74, 6) is 0.238. The Morgan fingerprint density at radius 1 is 1.33 bits per heavy atom. The molecule has 0 bridgehead atoms. The van der Waals surface area contributed by atoms with Crippen molar-refractivity contribution in [2.24, 2.45) is 0 Å². The molecule has 1 saturated heterocycles. The van der Waals surface area contributed by atoms with E-state index in [1.807, 2.05) is 0 Å². The van der Waals surface area contributed by atoms with Crippen LogP contribution in [0, 0.1) is 0 Å². The van der Waals surface area contributed by atoms with Gasteiger partial charge in [0.15, 0.2) is 0 Å². The molecule has 7 nitrogen and oxygen atoms in total. The van der Waals surface area contributed by atoms with Crippen molar-refractivity contribution in [3.8, 4) is 5.75 Å². The van der Waals surface area contributed by atoms with Crippen molar-refractivity contribution < 1.29 is 26.9 Å². The second-order valence-corrected chi connectivity index (χ2v) is 6.21. The van der Waals surface area contributed by atoms with E-state index in [9.17, 15) is 13.2 Å². The third kappa shape index (κ3) is 4.33. The molecule has 0 saturated carbocycles. The Bertz CT molecular complexity index is 598. The molecule has 0 N–H and O–H groups in total. The SMILES string of the molecule is COC(=O)N1CCO[C@@H](c2ccc(OS(C)(=O)=O)cc2)C1. The second kappa shape index (κ2) is 6.31. The molecule has 2 rings (SSSR count). The Hall–Kier alpha value is -1.80. The second-order valence-electron chi connectivity index (χ2n) is 4.63. The number of benzene rings is 1. The van der Waals surface area contributed by atoms with Crippen LogP contribution in [0.3, 0.4) is 0 Å². The first-order valence-corrected chi connectivity index (χ1v) is 8.14. The summed E-state index contributed by atoms with van der Waals surface area (Å²) < 4.78 is 37.1. The smallest absolute Gasteiger partial charge is 0.409 e. The Kier molecular flexibility index (Phi) is 4.69. The largest absolute Gasteiger partial charge is 0.453 e. The van der Waals surface area contributed by atoms with Crippen molar-refractivity contribution in [2.75, 3.05) is 33.1 Å². The summed E-state index contributed by atoms with van der Waals surface area (Å²) in [6, 6.07) is 6.53. The highest BCUT2D eigenvalue weighted by Gasteiger charge is 2.25. The predicted octanol–water partition coefficient (Wildman–Crippen LogP) is 1.16. The predicted molar refractivity (Wildman–Crippen MR) is 74.6 cm³/mol. The molecule has 8 heteroatoms. The zero-order valence-electron chi connectivity index (χ0n) is 11.8. The van der Waals surface area contributed by atoms with Gasteiger partial charge in [-0.2, -0.15) is 8.42 Å². The third-order valence-corrected chi connectivity index (χ3v) is 3.49. The number of methoxy groups -OCH3 is 1. The van der Waals surface area contributed by atoms with Gasteiger partial charge in [0.25, 0.3) is 0 Å². The van der Waals surface area contributed by atoms with Crippen LogP contribution >= 0.6 is 0 Å². The molecule has 1 amide bonds. The lowest BCUT2D eigenvalue weighted by Crippen LogP contribution is -2.42. The maximum atomic E-state index is 11.5. The van der Waals surface area contributed by atoms with E-state index >= 15 is 0 Å². The van der Waals surface area contributed by atoms with Gasteiger partial charge in [0.1, 0.15) is 11.9 Å². The summed E-state index contributed by atoms with van der Waals surface area (Å²) in [5.41, 5.74) is 0.837. The van der Waals surface area contributed by atoms with Crippen LogP contribution in [0.1, 0.15) is 11.7 Å². The molecule has 1 heterocycles. The maximum Gasteiger partial charge on any atom is 0.409 e. The number of ether oxygens (including phenoxy) is 2. The lowest BCUT2D eigenvalue weighted by atomic mass is 10.1. The molecule has 1 atom stereocenters. The Morgan fingerprint density at radius 3 is 2.57 bits per heavy atom. The first-order valence-electron chi connectivity index (χ1n) is 6.33. The highest BCUT2D eigenvalue weighted by atomic mass is 32.2. The monoisotopic (exact) mass is 315 g/mol. The summed E-state index contributed by atoms with van der Waals surface area (Å²) in [6.45, 7) is 1.29. The lowest BCUT2D eigenvalue weighted by molar-refractivity contribution is -0.0258. The fourth-order valence-corrected chi connectivity index (χ4v) is 2.52. The van der Waals surface area contributed by atoms with Gasteiger partial charge in [-0.05, 0) is 17.7 Å². The molecular formula is C13H17NO6S. The van der Waals surface area contributed by atoms with E-state index in [-0.39, 0.29) is 17.9 Å². The Balaban J connectivity index is 2.06. The van der Waals surface area contributed by atoms with Gasteiger partial charge in [-0.1, -0.05) is 12.1 Å². The van der Waals surface area contributed by atoms with Gasteiger partial charge in [0.05, 0.1) is 26.5 Å². The quantitative estimate of drug-likeness (QED) is 0.779. The van der Waals surface area contributed by atoms with Gasteiger partial charge in [-0.3, -0.25) is 0 Å². The number of hydrogen-bond donors (Lipinski definition) is 0. The summed E-state index contributed by atoms with van der Waals surface area (Å²) in [6.07, 6.45) is 0.324. The summed E-state index contributed by atoms with van der Waals surface area (Å²) in [4.78, 5) is 13.1. The zero-order chi connectivity index (χ0) is 15.5. The number of carbonyl (C=O) groups excluding carboxylic acids is 1. The van der Waals surface area contributed by atoms with Crippen LogP contribution in [-0.2, 0) is 19.6 Å². The van der Waals surface area contributed by atoms with E-state index in [0.29, 0.717) is 19.7 Å². The van der Waals surface area contributed by atoms with Crippen molar-refractivity contribution in [2.45, 2.75) is 6.10 Å². The number of nitrogens with zero attached hydrogens (tertiary/aromatic N) is 1. The van der Waals surface area contributed by atoms with Gasteiger partial charge >= 0.3 is 16.2 Å². The standard InChI is InChI=1S/C13H17NO6S/c1-18-13(15)14-7-8-19-12(9-14)10-3-5-11(6-4-10)20-21(2,16)17/h3-6,12H,7-9H2,1-2H3/t12-/m1/s1. The van der Waals surface area contributed by atoms with Crippen LogP contribution in [0.5, 0.6) is 5.75 Å². The van der Waals surface area contributed by atoms with Crippen molar-refractivity contribution in [3.05, 3.63) is 29.8 Å². The number of amides is 1. The van der Waals surface area contributed by atoms with Crippen molar-refractivity contribution in [1.29, 1.82) is 0 Å². The molecule has 1 aliphatic rings. The minimum absolute atomic E-state index is 0.238. The molecule has 1 aromatic rings. The van der Waals surface area contributed by atoms with Crippen molar-refractivity contribution in [3.63, 3.8) is 0 Å². The van der Waals surface area contributed by atoms with E-state index in [1.165, 1.54) is 7.11 Å². The molecule has 0 aromatic heterocycles. The average molecular weight is 315 g/mol. The normalized spacial score (nSPS) is 19.1. The zero-order valence-corrected chi connectivity index (χ0v) is 12.6. The summed E-state index contributed by atoms with van der Waals surface area (Å²) >= 11 is 0. The summed E-state index contributed by atoms with van der Waals surface area (Å²) in [5, 5.41) is 0. The van der Waals surface area contributed by atoms with E-state index in [4.69, 9.17) is 13.7 Å². The highest BCUT2D eigenvalue weighted by molar-refractivity contribution is 7.86. The summed E-state index contributed by atoms with van der Waals surface area (Å²) in [7, 11) is -2.20. The lowest BCUT2D eigenvalue weighted by Gasteiger charge is -2.32. The minimum Gasteiger partial charge on any atom is -0.453 e. The molecule has 116 valence electrons. The highest BCUT2D eigenvalue weighted by Crippen LogP contribution is 2.25. The molecule has 0 spiro atoms. The fraction of sp³-hybridized carbons (Fsp3) is 0.462. The molecule has 1 fully saturated rings. The van der Waals surface area contributed by atoms with Gasteiger partial charge in [-0.15, -0.1) is 0 Å². The fourth-order valence-electron chi connectivity index (χ4n) is 2.06. The maximum absolute atomic E-state index is 11.5. The molecule has 0 radical (unpaired) electrons. The van der Waals surface area contributed by atoms with Crippen LogP contribution in [-0.4, -0.2) is 52.5 Å². The van der Waals surface area contributed by atoms with Crippen molar-refractivity contribution >= 4 is 16.2 Å². The number of hydrogen-bond acceptors (Lipinski definition) is 6. The van der Waals surface area contributed by atoms with Gasteiger partial charge in [0, 0.05) is 6.54 Å². The van der Waals surface area contributed by atoms with E-state index in [0.717, 1.165) is 11.8 Å². The Morgan fingerprint density at radius 2 is 2.00 bits per heavy atom. The van der Waals surface area contributed by atoms with Crippen LogP contribution < -0.4 is 4.18 Å². The molecule has 1 aromatic carbocycles. The third-order valence-electron chi connectivity index (χ3n) is 3.00. The average Bonchev–Trinajstić information content (AvgIpc) is 2.45. The van der Waals surface area contributed by atoms with E-state index in [1.54, 1.807) is 29.2 Å². The van der Waals surface area contributed by atoms with Gasteiger partial charge in [0.2, 0.25) is 0 Å². The molecule has 21 heavy (non-hydrogen) atoms. The van der Waals surface area contributed by atoms with Gasteiger partial charge < -0.3 is 18.6 Å². The number of morpholine rings is 1. The number of carbonyl (C=O) groups is 1. The van der Waals surface area contributed by atoms with Crippen LogP contribution in [0.25, 0.3) is 0 Å². The first kappa shape index (κ1) is 15.6. The van der Waals surface area contributed by atoms with Crippen LogP contribution in [0.4, 0.5) is 4.79 Å². The molecule has 0 unspecified atom stereocenters. The van der Waals surface area contributed by atoms with Gasteiger partial charge in [-0.25, -0.2) is 4.79 Å². The van der Waals surface area contributed by atoms with Crippen molar-refractivity contribution in [1.82, 2.24) is 4.90 Å². The molecular weight excluding hydrogens is 298 g/mol. The Labute approximate surface area is 123 Å². The van der Waals surface area contributed by atoms with E-state index < -0.39 is 10.1 Å². The minimum atomic E-state index is -3.54. The molecule has 1 aliphatic heterocycles. The number of rotatable bonds is 3. The van der Waals surface area contributed by atoms with Crippen LogP contribution in [0.2, 0.25) is 0 Å². The first-order chi connectivity index (χ1) is 9.89. The van der Waals surface area contributed by atoms with Crippen LogP contribution in [0.15, 0.2) is 24.3 Å². The topological polar surface area (TPSA) is 82.1 Å². The van der Waals surface area contributed by atoms with E-state index in [2.05, 4.69) is 0 Å².